The van der Waals surface area contributed by atoms with Gasteiger partial charge >= 0.3 is 5.69 Å². The van der Waals surface area contributed by atoms with E-state index in [0.717, 1.165) is 6.07 Å². The van der Waals surface area contributed by atoms with Crippen LogP contribution in [-0.4, -0.2) is 22.7 Å². The van der Waals surface area contributed by atoms with E-state index in [4.69, 9.17) is 15.1 Å². The molecule has 0 heterocycles. The molecule has 1 aromatic carbocycles. The van der Waals surface area contributed by atoms with Gasteiger partial charge in [0, 0.05) is 6.07 Å². The largest absolute Gasteiger partial charge is 0.484 e. The normalized spacial score (nSPS) is 11.6. The van der Waals surface area contributed by atoms with E-state index >= 15 is 0 Å². The Morgan fingerprint density at radius 2 is 2.38 bits per heavy atom. The third kappa shape index (κ3) is 2.93. The Morgan fingerprint density at radius 1 is 1.69 bits per heavy atom. The molecule has 0 aromatic heterocycles. The van der Waals surface area contributed by atoms with Gasteiger partial charge in [-0.2, -0.15) is 5.26 Å². The molecule has 1 rings (SSSR count). The van der Waals surface area contributed by atoms with Crippen LogP contribution in [0.3, 0.4) is 0 Å². The molecule has 16 heavy (non-hydrogen) atoms. The Hall–Kier alpha value is -2.13. The number of aliphatic hydroxyl groups is 1. The van der Waals surface area contributed by atoms with Gasteiger partial charge < -0.3 is 9.84 Å². The summed E-state index contributed by atoms with van der Waals surface area (Å²) >= 11 is 0. The number of rotatable bonds is 4. The molecule has 6 heteroatoms. The van der Waals surface area contributed by atoms with Gasteiger partial charge in [-0.1, -0.05) is 0 Å². The summed E-state index contributed by atoms with van der Waals surface area (Å²) in [5.41, 5.74) is -0.0872. The number of nitro groups is 1. The van der Waals surface area contributed by atoms with Crippen molar-refractivity contribution in [3.8, 4) is 11.8 Å². The minimum Gasteiger partial charge on any atom is -0.484 e. The number of ether oxygens (including phenoxy) is 1. The molecule has 0 unspecified atom stereocenters. The van der Waals surface area contributed by atoms with Gasteiger partial charge in [0.1, 0.15) is 6.61 Å². The van der Waals surface area contributed by atoms with Crippen LogP contribution in [0, 0.1) is 21.4 Å². The highest BCUT2D eigenvalue weighted by molar-refractivity contribution is 5.51. The van der Waals surface area contributed by atoms with Crippen LogP contribution in [0.4, 0.5) is 5.69 Å². The lowest BCUT2D eigenvalue weighted by Crippen LogP contribution is -2.13. The molecule has 0 spiro atoms. The molecule has 0 amide bonds. The molecule has 0 aliphatic rings. The lowest BCUT2D eigenvalue weighted by molar-refractivity contribution is -0.385. The van der Waals surface area contributed by atoms with E-state index in [1.165, 1.54) is 19.1 Å². The maximum Gasteiger partial charge on any atom is 0.312 e. The van der Waals surface area contributed by atoms with Crippen LogP contribution in [0.15, 0.2) is 18.2 Å². The maximum atomic E-state index is 10.7. The molecule has 0 aliphatic heterocycles. The zero-order valence-corrected chi connectivity index (χ0v) is 8.58. The summed E-state index contributed by atoms with van der Waals surface area (Å²) in [6.07, 6.45) is -0.713. The first-order chi connectivity index (χ1) is 7.54. The summed E-state index contributed by atoms with van der Waals surface area (Å²) in [5.74, 6) is 0.0462. The van der Waals surface area contributed by atoms with Crippen LogP contribution in [0.1, 0.15) is 12.5 Å². The third-order valence-electron chi connectivity index (χ3n) is 1.76. The van der Waals surface area contributed by atoms with Crippen LogP contribution in [0.5, 0.6) is 5.75 Å². The topological polar surface area (TPSA) is 96.4 Å². The van der Waals surface area contributed by atoms with Crippen LogP contribution >= 0.6 is 0 Å². The van der Waals surface area contributed by atoms with Crippen molar-refractivity contribution in [3.05, 3.63) is 33.9 Å². The fourth-order valence-electron chi connectivity index (χ4n) is 1.06. The molecule has 0 saturated heterocycles. The summed E-state index contributed by atoms with van der Waals surface area (Å²) in [6.45, 7) is 1.47. The zero-order valence-electron chi connectivity index (χ0n) is 8.58. The van der Waals surface area contributed by atoms with Crippen molar-refractivity contribution >= 4 is 5.69 Å². The number of aliphatic hydroxyl groups excluding tert-OH is 1. The van der Waals surface area contributed by atoms with Gasteiger partial charge in [0.05, 0.1) is 22.7 Å². The fourth-order valence-corrected chi connectivity index (χ4v) is 1.06. The number of hydrogen-bond donors (Lipinski definition) is 1. The predicted molar refractivity (Wildman–Crippen MR) is 55.0 cm³/mol. The van der Waals surface area contributed by atoms with E-state index in [1.807, 2.05) is 0 Å². The van der Waals surface area contributed by atoms with Crippen molar-refractivity contribution < 1.29 is 14.8 Å². The number of benzene rings is 1. The van der Waals surface area contributed by atoms with Crippen LogP contribution in [0.25, 0.3) is 0 Å². The quantitative estimate of drug-likeness (QED) is 0.610. The monoisotopic (exact) mass is 222 g/mol. The second-order valence-electron chi connectivity index (χ2n) is 3.21. The van der Waals surface area contributed by atoms with Crippen molar-refractivity contribution in [1.29, 1.82) is 5.26 Å². The van der Waals surface area contributed by atoms with E-state index in [-0.39, 0.29) is 23.6 Å². The third-order valence-corrected chi connectivity index (χ3v) is 1.76. The molecule has 0 saturated carbocycles. The Balaban J connectivity index is 3.00. The van der Waals surface area contributed by atoms with E-state index in [0.29, 0.717) is 0 Å². The van der Waals surface area contributed by atoms with Gasteiger partial charge in [0.15, 0.2) is 5.75 Å². The van der Waals surface area contributed by atoms with Gasteiger partial charge in [-0.3, -0.25) is 10.1 Å². The summed E-state index contributed by atoms with van der Waals surface area (Å²) in [5, 5.41) is 28.3. The molecule has 84 valence electrons. The van der Waals surface area contributed by atoms with Crippen LogP contribution in [0.2, 0.25) is 0 Å². The molecular weight excluding hydrogens is 212 g/mol. The second kappa shape index (κ2) is 5.09. The lowest BCUT2D eigenvalue weighted by atomic mass is 10.2. The average molecular weight is 222 g/mol. The first-order valence-electron chi connectivity index (χ1n) is 4.54. The van der Waals surface area contributed by atoms with Gasteiger partial charge in [-0.05, 0) is 19.1 Å². The van der Waals surface area contributed by atoms with E-state index < -0.39 is 11.0 Å². The highest BCUT2D eigenvalue weighted by Gasteiger charge is 2.16. The summed E-state index contributed by atoms with van der Waals surface area (Å²) in [6, 6.07) is 5.71. The number of nitro benzene ring substituents is 1. The minimum absolute atomic E-state index is 0.0350. The highest BCUT2D eigenvalue weighted by atomic mass is 16.6. The van der Waals surface area contributed by atoms with E-state index in [2.05, 4.69) is 0 Å². The Morgan fingerprint density at radius 3 is 2.88 bits per heavy atom. The van der Waals surface area contributed by atoms with Crippen molar-refractivity contribution in [2.45, 2.75) is 13.0 Å². The number of hydrogen-bond acceptors (Lipinski definition) is 5. The standard InChI is InChI=1S/C10H10N2O4/c1-7(13)6-16-10-3-2-8(5-11)4-9(10)12(14)15/h2-4,7,13H,6H2,1H3/t7-/m1/s1. The lowest BCUT2D eigenvalue weighted by Gasteiger charge is -2.08. The van der Waals surface area contributed by atoms with E-state index in [9.17, 15) is 10.1 Å². The molecule has 0 fully saturated rings. The van der Waals surface area contributed by atoms with Gasteiger partial charge in [-0.25, -0.2) is 0 Å². The molecular formula is C10H10N2O4. The van der Waals surface area contributed by atoms with Crippen LogP contribution < -0.4 is 4.74 Å². The Kier molecular flexibility index (Phi) is 3.80. The molecule has 1 atom stereocenters. The average Bonchev–Trinajstić information content (AvgIpc) is 2.25. The zero-order chi connectivity index (χ0) is 12.1. The second-order valence-corrected chi connectivity index (χ2v) is 3.21. The SMILES string of the molecule is C[C@@H](O)COc1ccc(C#N)cc1[N+](=O)[O-]. The minimum atomic E-state index is -0.713. The van der Waals surface area contributed by atoms with Crippen molar-refractivity contribution in [2.24, 2.45) is 0 Å². The predicted octanol–water partition coefficient (Wildman–Crippen LogP) is 1.23. The smallest absolute Gasteiger partial charge is 0.312 e. The fraction of sp³-hybridized carbons (Fsp3) is 0.300. The molecule has 6 nitrogen and oxygen atoms in total. The van der Waals surface area contributed by atoms with Crippen molar-refractivity contribution in [2.75, 3.05) is 6.61 Å². The summed E-state index contributed by atoms with van der Waals surface area (Å²) in [4.78, 5) is 10.1. The van der Waals surface area contributed by atoms with Crippen molar-refractivity contribution in [1.82, 2.24) is 0 Å². The maximum absolute atomic E-state index is 10.7. The molecule has 0 aliphatic carbocycles. The van der Waals surface area contributed by atoms with Crippen molar-refractivity contribution in [3.63, 3.8) is 0 Å². The highest BCUT2D eigenvalue weighted by Crippen LogP contribution is 2.27. The first kappa shape index (κ1) is 11.9. The first-order valence-corrected chi connectivity index (χ1v) is 4.54. The Bertz CT molecular complexity index is 437. The van der Waals surface area contributed by atoms with Gasteiger partial charge in [-0.15, -0.1) is 0 Å². The number of nitrogens with zero attached hydrogens (tertiary/aromatic N) is 2. The molecule has 0 bridgehead atoms. The van der Waals surface area contributed by atoms with E-state index in [1.54, 1.807) is 6.07 Å². The molecule has 1 aromatic rings. The van der Waals surface area contributed by atoms with Gasteiger partial charge in [0.25, 0.3) is 0 Å². The summed E-state index contributed by atoms with van der Waals surface area (Å²) in [7, 11) is 0. The summed E-state index contributed by atoms with van der Waals surface area (Å²) < 4.78 is 5.06. The Labute approximate surface area is 91.8 Å². The molecule has 0 radical (unpaired) electrons. The molecule has 1 N–H and O–H groups in total. The van der Waals surface area contributed by atoms with Gasteiger partial charge in [0.2, 0.25) is 0 Å². The number of nitriles is 1. The van der Waals surface area contributed by atoms with Crippen LogP contribution in [-0.2, 0) is 0 Å².